The quantitative estimate of drug-likeness (QED) is 0.746. The van der Waals surface area contributed by atoms with Crippen LogP contribution in [-0.4, -0.2) is 18.6 Å². The van der Waals surface area contributed by atoms with Crippen molar-refractivity contribution in [3.63, 3.8) is 0 Å². The van der Waals surface area contributed by atoms with Gasteiger partial charge in [0.15, 0.2) is 0 Å². The summed E-state index contributed by atoms with van der Waals surface area (Å²) in [6, 6.07) is 7.06. The lowest BCUT2D eigenvalue weighted by Crippen LogP contribution is -2.12. The molecule has 2 aromatic heterocycles. The number of aryl methyl sites for hydroxylation is 2. The minimum atomic E-state index is -3.66. The molecule has 0 saturated heterocycles. The Morgan fingerprint density at radius 2 is 2.04 bits per heavy atom. The molecular weight excluding hydrogens is 346 g/mol. The topological polar surface area (TPSA) is 85.1 Å². The highest BCUT2D eigenvalue weighted by molar-refractivity contribution is 7.94. The highest BCUT2D eigenvalue weighted by Crippen LogP contribution is 2.30. The number of nitrogens with one attached hydrogen (secondary N) is 1. The molecule has 0 saturated carbocycles. The van der Waals surface area contributed by atoms with Crippen LogP contribution in [0, 0.1) is 13.8 Å². The van der Waals surface area contributed by atoms with E-state index in [-0.39, 0.29) is 4.21 Å². The van der Waals surface area contributed by atoms with E-state index in [4.69, 9.17) is 4.42 Å². The van der Waals surface area contributed by atoms with Gasteiger partial charge in [0, 0.05) is 11.8 Å². The molecule has 2 heterocycles. The first kappa shape index (κ1) is 16.7. The van der Waals surface area contributed by atoms with Gasteiger partial charge in [-0.3, -0.25) is 4.72 Å². The van der Waals surface area contributed by atoms with Gasteiger partial charge in [0.05, 0.1) is 11.3 Å². The summed E-state index contributed by atoms with van der Waals surface area (Å²) < 4.78 is 33.5. The van der Waals surface area contributed by atoms with Crippen LogP contribution >= 0.6 is 11.3 Å². The van der Waals surface area contributed by atoms with Crippen LogP contribution in [0.1, 0.15) is 23.9 Å². The van der Waals surface area contributed by atoms with Crippen molar-refractivity contribution >= 4 is 27.0 Å². The highest BCUT2D eigenvalue weighted by atomic mass is 32.2. The Morgan fingerprint density at radius 3 is 2.75 bits per heavy atom. The Kier molecular flexibility index (Phi) is 4.42. The molecule has 0 fully saturated rings. The second-order valence-corrected chi connectivity index (χ2v) is 8.18. The smallest absolute Gasteiger partial charge is 0.271 e. The van der Waals surface area contributed by atoms with Gasteiger partial charge in [0.25, 0.3) is 10.0 Å². The van der Waals surface area contributed by atoms with Gasteiger partial charge >= 0.3 is 0 Å². The Labute approximate surface area is 144 Å². The Bertz CT molecular complexity index is 974. The molecule has 3 aromatic rings. The van der Waals surface area contributed by atoms with E-state index in [1.54, 1.807) is 17.5 Å². The molecule has 1 N–H and O–H groups in total. The van der Waals surface area contributed by atoms with E-state index in [1.807, 2.05) is 32.9 Å². The van der Waals surface area contributed by atoms with Crippen molar-refractivity contribution in [2.24, 2.45) is 0 Å². The van der Waals surface area contributed by atoms with Gasteiger partial charge in [-0.05, 0) is 37.1 Å². The molecule has 1 aromatic carbocycles. The maximum absolute atomic E-state index is 12.6. The lowest BCUT2D eigenvalue weighted by Gasteiger charge is -2.10. The van der Waals surface area contributed by atoms with Gasteiger partial charge in [-0.2, -0.15) is 0 Å². The average Bonchev–Trinajstić information content (AvgIpc) is 3.20. The molecule has 0 bridgehead atoms. The van der Waals surface area contributed by atoms with E-state index in [1.165, 1.54) is 0 Å². The second-order valence-electron chi connectivity index (χ2n) is 5.36. The molecular formula is C16H17N3O3S2. The van der Waals surface area contributed by atoms with Crippen LogP contribution in [-0.2, 0) is 16.4 Å². The molecule has 0 atom stereocenters. The number of aromatic nitrogens is 2. The van der Waals surface area contributed by atoms with Gasteiger partial charge in [-0.15, -0.1) is 21.5 Å². The summed E-state index contributed by atoms with van der Waals surface area (Å²) in [5.74, 6) is 0.852. The molecule has 0 radical (unpaired) electrons. The van der Waals surface area contributed by atoms with Gasteiger partial charge in [0.2, 0.25) is 11.8 Å². The molecule has 8 heteroatoms. The first-order chi connectivity index (χ1) is 11.4. The highest BCUT2D eigenvalue weighted by Gasteiger charge is 2.20. The van der Waals surface area contributed by atoms with Crippen molar-refractivity contribution in [2.45, 2.75) is 31.4 Å². The summed E-state index contributed by atoms with van der Waals surface area (Å²) in [6.07, 6.45) is 0.635. The standard InChI is InChI=1S/C16H17N3O3S2/c1-4-14-17-18-16(22-14)12-8-15(23-9-12)24(20,21)19-13-7-5-6-10(2)11(13)3/h5-9,19H,4H2,1-3H3. The zero-order chi connectivity index (χ0) is 17.3. The first-order valence-corrected chi connectivity index (χ1v) is 9.77. The van der Waals surface area contributed by atoms with Gasteiger partial charge in [0.1, 0.15) is 4.21 Å². The number of sulfonamides is 1. The molecule has 126 valence electrons. The molecule has 6 nitrogen and oxygen atoms in total. The third-order valence-corrected chi connectivity index (χ3v) is 6.51. The summed E-state index contributed by atoms with van der Waals surface area (Å²) in [5.41, 5.74) is 3.12. The van der Waals surface area contributed by atoms with E-state index < -0.39 is 10.0 Å². The summed E-state index contributed by atoms with van der Waals surface area (Å²) in [4.78, 5) is 0. The van der Waals surface area contributed by atoms with Crippen LogP contribution in [0.2, 0.25) is 0 Å². The molecule has 0 aliphatic heterocycles. The molecule has 0 aliphatic rings. The van der Waals surface area contributed by atoms with Crippen LogP contribution in [0.15, 0.2) is 38.3 Å². The zero-order valence-electron chi connectivity index (χ0n) is 13.5. The Morgan fingerprint density at radius 1 is 1.25 bits per heavy atom. The average molecular weight is 363 g/mol. The van der Waals surface area contributed by atoms with E-state index in [0.717, 1.165) is 22.5 Å². The van der Waals surface area contributed by atoms with Gasteiger partial charge < -0.3 is 4.42 Å². The lowest BCUT2D eigenvalue weighted by atomic mass is 10.1. The third-order valence-electron chi connectivity index (χ3n) is 3.71. The second kappa shape index (κ2) is 6.37. The van der Waals surface area contributed by atoms with E-state index in [9.17, 15) is 8.42 Å². The maximum atomic E-state index is 12.6. The van der Waals surface area contributed by atoms with Crippen molar-refractivity contribution in [3.05, 3.63) is 46.7 Å². The lowest BCUT2D eigenvalue weighted by molar-refractivity contribution is 0.513. The van der Waals surface area contributed by atoms with Crippen molar-refractivity contribution in [1.82, 2.24) is 10.2 Å². The number of thiophene rings is 1. The van der Waals surface area contributed by atoms with Crippen LogP contribution in [0.3, 0.4) is 0 Å². The molecule has 24 heavy (non-hydrogen) atoms. The van der Waals surface area contributed by atoms with Gasteiger partial charge in [-0.1, -0.05) is 19.1 Å². The van der Waals surface area contributed by atoms with Crippen LogP contribution in [0.5, 0.6) is 0 Å². The minimum Gasteiger partial charge on any atom is -0.421 e. The number of nitrogens with zero attached hydrogens (tertiary/aromatic N) is 2. The van der Waals surface area contributed by atoms with E-state index in [0.29, 0.717) is 29.5 Å². The zero-order valence-corrected chi connectivity index (χ0v) is 15.2. The maximum Gasteiger partial charge on any atom is 0.271 e. The van der Waals surface area contributed by atoms with Crippen molar-refractivity contribution in [3.8, 4) is 11.5 Å². The van der Waals surface area contributed by atoms with E-state index >= 15 is 0 Å². The van der Waals surface area contributed by atoms with Gasteiger partial charge in [-0.25, -0.2) is 8.42 Å². The number of benzene rings is 1. The minimum absolute atomic E-state index is 0.203. The molecule has 0 spiro atoms. The normalized spacial score (nSPS) is 11.6. The summed E-state index contributed by atoms with van der Waals surface area (Å²) in [5, 5.41) is 9.53. The predicted molar refractivity (Wildman–Crippen MR) is 93.7 cm³/mol. The van der Waals surface area contributed by atoms with Crippen molar-refractivity contribution in [2.75, 3.05) is 4.72 Å². The molecule has 0 aliphatic carbocycles. The predicted octanol–water partition coefficient (Wildman–Crippen LogP) is 3.78. The summed E-state index contributed by atoms with van der Waals surface area (Å²) in [6.45, 7) is 5.74. The van der Waals surface area contributed by atoms with Crippen LogP contribution in [0.25, 0.3) is 11.5 Å². The number of hydrogen-bond donors (Lipinski definition) is 1. The molecule has 0 unspecified atom stereocenters. The van der Waals surface area contributed by atoms with Crippen molar-refractivity contribution < 1.29 is 12.8 Å². The fourth-order valence-electron chi connectivity index (χ4n) is 2.14. The Balaban J connectivity index is 1.89. The fraction of sp³-hybridized carbons (Fsp3) is 0.250. The third kappa shape index (κ3) is 3.20. The number of anilines is 1. The van der Waals surface area contributed by atoms with Crippen molar-refractivity contribution in [1.29, 1.82) is 0 Å². The number of hydrogen-bond acceptors (Lipinski definition) is 6. The Hall–Kier alpha value is -2.19. The molecule has 0 amide bonds. The monoisotopic (exact) mass is 363 g/mol. The largest absolute Gasteiger partial charge is 0.421 e. The summed E-state index contributed by atoms with van der Waals surface area (Å²) in [7, 11) is -3.66. The van der Waals surface area contributed by atoms with Crippen LogP contribution < -0.4 is 4.72 Å². The molecule has 3 rings (SSSR count). The van der Waals surface area contributed by atoms with E-state index in [2.05, 4.69) is 14.9 Å². The SMILES string of the molecule is CCc1nnc(-c2csc(S(=O)(=O)Nc3cccc(C)c3C)c2)o1. The van der Waals surface area contributed by atoms with Crippen LogP contribution in [0.4, 0.5) is 5.69 Å². The first-order valence-electron chi connectivity index (χ1n) is 7.41. The summed E-state index contributed by atoms with van der Waals surface area (Å²) >= 11 is 1.12. The number of rotatable bonds is 5. The fourth-order valence-corrected chi connectivity index (χ4v) is 4.42.